The molecule has 3 heterocycles. The maximum absolute atomic E-state index is 14.0. The molecule has 0 amide bonds. The second-order valence-electron chi connectivity index (χ2n) is 7.67. The first-order valence-corrected chi connectivity index (χ1v) is 10.6. The van der Waals surface area contributed by atoms with Gasteiger partial charge in [-0.25, -0.2) is 29.0 Å². The molecule has 37 heavy (non-hydrogen) atoms. The number of benzene rings is 2. The van der Waals surface area contributed by atoms with Crippen LogP contribution in [-0.4, -0.2) is 41.8 Å². The highest BCUT2D eigenvalue weighted by Crippen LogP contribution is 2.40. The van der Waals surface area contributed by atoms with Crippen molar-refractivity contribution in [1.82, 2.24) is 24.5 Å². The first-order valence-electron chi connectivity index (χ1n) is 10.6. The van der Waals surface area contributed by atoms with Gasteiger partial charge in [-0.05, 0) is 31.2 Å². The van der Waals surface area contributed by atoms with E-state index in [-0.39, 0.29) is 11.9 Å². The number of aromatic amines is 1. The van der Waals surface area contributed by atoms with Gasteiger partial charge in [0, 0.05) is 16.6 Å². The lowest BCUT2D eigenvalue weighted by Crippen LogP contribution is -2.21. The third-order valence-corrected chi connectivity index (χ3v) is 5.29. The van der Waals surface area contributed by atoms with E-state index in [4.69, 9.17) is 16.5 Å². The number of rotatable bonds is 4. The Morgan fingerprint density at radius 2 is 1.89 bits per heavy atom. The van der Waals surface area contributed by atoms with Crippen molar-refractivity contribution in [3.8, 4) is 5.69 Å². The third-order valence-electron chi connectivity index (χ3n) is 5.29. The molecule has 188 valence electrons. The van der Waals surface area contributed by atoms with Gasteiger partial charge in [0.15, 0.2) is 11.5 Å². The van der Waals surface area contributed by atoms with Gasteiger partial charge in [-0.2, -0.15) is 13.2 Å². The first-order chi connectivity index (χ1) is 17.6. The fraction of sp³-hybridized carbons (Fsp3) is 0.125. The molecule has 9 nitrogen and oxygen atoms in total. The standard InChI is InChI=1S/C22H16FN7.C2HF3O2/c1-13(29-22-19-21(26-11-25-19)27-12-28-22)20-18(24-2)16-8-3-4-9-17(16)30(20)15-7-5-6-14(23)10-15;3-2(4,5)1(6)7/h3-13H,1H3,(H2,25,26,27,28,29);(H,6,7). The van der Waals surface area contributed by atoms with Crippen LogP contribution in [0.25, 0.3) is 32.6 Å². The first kappa shape index (κ1) is 25.1. The number of anilines is 1. The normalized spacial score (nSPS) is 12.0. The Morgan fingerprint density at radius 3 is 2.57 bits per heavy atom. The molecule has 5 aromatic rings. The van der Waals surface area contributed by atoms with E-state index in [9.17, 15) is 17.6 Å². The van der Waals surface area contributed by atoms with Gasteiger partial charge >= 0.3 is 12.1 Å². The highest BCUT2D eigenvalue weighted by atomic mass is 19.4. The molecular formula is C24H17F4N7O2. The van der Waals surface area contributed by atoms with Gasteiger partial charge in [0.25, 0.3) is 0 Å². The van der Waals surface area contributed by atoms with E-state index in [0.717, 1.165) is 16.6 Å². The summed E-state index contributed by atoms with van der Waals surface area (Å²) in [6.45, 7) is 9.78. The lowest BCUT2D eigenvalue weighted by molar-refractivity contribution is -0.192. The summed E-state index contributed by atoms with van der Waals surface area (Å²) in [4.78, 5) is 28.4. The van der Waals surface area contributed by atoms with E-state index in [1.807, 2.05) is 41.8 Å². The van der Waals surface area contributed by atoms with Gasteiger partial charge in [-0.1, -0.05) is 24.3 Å². The van der Waals surface area contributed by atoms with Crippen molar-refractivity contribution >= 4 is 39.5 Å². The molecule has 0 aliphatic rings. The van der Waals surface area contributed by atoms with E-state index in [0.29, 0.717) is 28.4 Å². The zero-order valence-corrected chi connectivity index (χ0v) is 19.0. The minimum atomic E-state index is -5.08. The smallest absolute Gasteiger partial charge is 0.475 e. The molecule has 0 aliphatic carbocycles. The Balaban J connectivity index is 0.000000405. The molecule has 0 aliphatic heterocycles. The molecule has 5 rings (SSSR count). The predicted octanol–water partition coefficient (Wildman–Crippen LogP) is 5.79. The molecule has 0 bridgehead atoms. The Morgan fingerprint density at radius 1 is 1.16 bits per heavy atom. The Labute approximate surface area is 206 Å². The number of para-hydroxylation sites is 1. The number of carboxylic acid groups (broad SMARTS) is 1. The number of halogens is 4. The third kappa shape index (κ3) is 5.03. The van der Waals surface area contributed by atoms with Gasteiger partial charge in [-0.3, -0.25) is 0 Å². The minimum absolute atomic E-state index is 0.314. The van der Waals surface area contributed by atoms with E-state index in [1.165, 1.54) is 18.5 Å². The zero-order valence-electron chi connectivity index (χ0n) is 19.0. The molecule has 0 saturated heterocycles. The van der Waals surface area contributed by atoms with Gasteiger partial charge in [0.2, 0.25) is 5.69 Å². The van der Waals surface area contributed by atoms with E-state index >= 15 is 0 Å². The van der Waals surface area contributed by atoms with Gasteiger partial charge < -0.3 is 20.0 Å². The average Bonchev–Trinajstić information content (AvgIpc) is 3.47. The van der Waals surface area contributed by atoms with Gasteiger partial charge in [-0.15, -0.1) is 0 Å². The highest BCUT2D eigenvalue weighted by molar-refractivity contribution is 5.97. The summed E-state index contributed by atoms with van der Waals surface area (Å²) in [5.41, 5.74) is 3.97. The maximum Gasteiger partial charge on any atom is 0.490 e. The topological polar surface area (TPSA) is 113 Å². The van der Waals surface area contributed by atoms with Crippen molar-refractivity contribution < 1.29 is 27.5 Å². The monoisotopic (exact) mass is 511 g/mol. The number of alkyl halides is 3. The maximum atomic E-state index is 14.0. The lowest BCUT2D eigenvalue weighted by Gasteiger charge is -2.19. The van der Waals surface area contributed by atoms with Crippen LogP contribution < -0.4 is 5.32 Å². The second kappa shape index (κ2) is 9.94. The molecule has 2 aromatic carbocycles. The number of nitrogens with one attached hydrogen (secondary N) is 2. The van der Waals surface area contributed by atoms with Crippen molar-refractivity contribution in [1.29, 1.82) is 0 Å². The number of carbonyl (C=O) groups is 1. The van der Waals surface area contributed by atoms with E-state index in [2.05, 4.69) is 30.1 Å². The summed E-state index contributed by atoms with van der Waals surface area (Å²) in [5, 5.41) is 11.3. The molecule has 0 spiro atoms. The number of nitrogens with zero attached hydrogens (tertiary/aromatic N) is 5. The van der Waals surface area contributed by atoms with Crippen LogP contribution in [-0.2, 0) is 4.79 Å². The van der Waals surface area contributed by atoms with Crippen LogP contribution in [0.2, 0.25) is 0 Å². The summed E-state index contributed by atoms with van der Waals surface area (Å²) in [6.07, 6.45) is -2.08. The molecule has 0 fully saturated rings. The molecule has 3 N–H and O–H groups in total. The van der Waals surface area contributed by atoms with Gasteiger partial charge in [0.05, 0.1) is 24.6 Å². The molecular weight excluding hydrogens is 494 g/mol. The minimum Gasteiger partial charge on any atom is -0.475 e. The number of H-pyrrole nitrogens is 1. The average molecular weight is 511 g/mol. The molecule has 0 saturated carbocycles. The van der Waals surface area contributed by atoms with Crippen LogP contribution in [0.5, 0.6) is 0 Å². The van der Waals surface area contributed by atoms with Crippen molar-refractivity contribution in [3.63, 3.8) is 0 Å². The van der Waals surface area contributed by atoms with Gasteiger partial charge in [0.1, 0.15) is 17.7 Å². The quantitative estimate of drug-likeness (QED) is 0.208. The number of fused-ring (bicyclic) bond motifs is 2. The molecule has 13 heteroatoms. The fourth-order valence-electron chi connectivity index (χ4n) is 3.80. The van der Waals surface area contributed by atoms with E-state index < -0.39 is 12.1 Å². The van der Waals surface area contributed by atoms with Crippen LogP contribution in [0.15, 0.2) is 61.2 Å². The molecule has 1 unspecified atom stereocenters. The largest absolute Gasteiger partial charge is 0.490 e. The number of aromatic nitrogens is 5. The predicted molar refractivity (Wildman–Crippen MR) is 127 cm³/mol. The lowest BCUT2D eigenvalue weighted by atomic mass is 10.1. The SMILES string of the molecule is O=C(O)C(F)(F)F.[C-]#[N+]c1c(C(C)Nc2ncnc3nc[nH]c23)n(-c2cccc(F)c2)c2ccccc12. The summed E-state index contributed by atoms with van der Waals surface area (Å²) < 4.78 is 47.7. The summed E-state index contributed by atoms with van der Waals surface area (Å²) in [7, 11) is 0. The van der Waals surface area contributed by atoms with Crippen LogP contribution >= 0.6 is 0 Å². The van der Waals surface area contributed by atoms with Crippen molar-refractivity contribution in [2.45, 2.75) is 19.1 Å². The van der Waals surface area contributed by atoms with E-state index in [1.54, 1.807) is 12.4 Å². The number of hydrogen-bond acceptors (Lipinski definition) is 5. The summed E-state index contributed by atoms with van der Waals surface area (Å²) in [6, 6.07) is 13.7. The molecule has 1 atom stereocenters. The van der Waals surface area contributed by atoms with Crippen LogP contribution in [0, 0.1) is 12.4 Å². The second-order valence-corrected chi connectivity index (χ2v) is 7.67. The summed E-state index contributed by atoms with van der Waals surface area (Å²) >= 11 is 0. The zero-order chi connectivity index (χ0) is 26.7. The Bertz CT molecular complexity index is 1640. The number of aliphatic carboxylic acids is 1. The summed E-state index contributed by atoms with van der Waals surface area (Å²) in [5.74, 6) is -2.51. The number of carboxylic acids is 1. The Hall–Kier alpha value is -4.99. The molecule has 0 radical (unpaired) electrons. The number of hydrogen-bond donors (Lipinski definition) is 3. The fourth-order valence-corrected chi connectivity index (χ4v) is 3.80. The van der Waals surface area contributed by atoms with Crippen LogP contribution in [0.3, 0.4) is 0 Å². The molecule has 3 aromatic heterocycles. The van der Waals surface area contributed by atoms with Crippen molar-refractivity contribution in [2.75, 3.05) is 5.32 Å². The van der Waals surface area contributed by atoms with Crippen LogP contribution in [0.4, 0.5) is 29.1 Å². The number of imidazole rings is 1. The van der Waals surface area contributed by atoms with Crippen molar-refractivity contribution in [2.24, 2.45) is 0 Å². The van der Waals surface area contributed by atoms with Crippen LogP contribution in [0.1, 0.15) is 18.7 Å². The Kier molecular flexibility index (Phi) is 6.75. The van der Waals surface area contributed by atoms with Crippen molar-refractivity contribution in [3.05, 3.63) is 84.1 Å². The highest BCUT2D eigenvalue weighted by Gasteiger charge is 2.38.